The number of para-hydroxylation sites is 1. The molecule has 3 nitrogen and oxygen atoms in total. The molecule has 1 saturated heterocycles. The third kappa shape index (κ3) is 3.03. The van der Waals surface area contributed by atoms with Gasteiger partial charge in [0.15, 0.2) is 0 Å². The summed E-state index contributed by atoms with van der Waals surface area (Å²) < 4.78 is 5.71. The molecular weight excluding hydrogens is 224 g/mol. The number of anilines is 1. The van der Waals surface area contributed by atoms with E-state index in [1.54, 1.807) is 0 Å². The van der Waals surface area contributed by atoms with Crippen LogP contribution in [0.3, 0.4) is 0 Å². The summed E-state index contributed by atoms with van der Waals surface area (Å²) in [6.07, 6.45) is 2.34. The van der Waals surface area contributed by atoms with Crippen LogP contribution in [0.1, 0.15) is 38.3 Å². The largest absolute Gasteiger partial charge is 0.377 e. The van der Waals surface area contributed by atoms with Crippen molar-refractivity contribution in [3.63, 3.8) is 0 Å². The van der Waals surface area contributed by atoms with Crippen LogP contribution in [-0.2, 0) is 4.74 Å². The van der Waals surface area contributed by atoms with Crippen molar-refractivity contribution in [2.75, 3.05) is 24.6 Å². The van der Waals surface area contributed by atoms with Crippen molar-refractivity contribution >= 4 is 5.69 Å². The number of nitrogens with zero attached hydrogens (tertiary/aromatic N) is 1. The van der Waals surface area contributed by atoms with Crippen LogP contribution < -0.4 is 10.6 Å². The Morgan fingerprint density at radius 3 is 3.00 bits per heavy atom. The fraction of sp³-hybridized carbons (Fsp3) is 0.600. The lowest BCUT2D eigenvalue weighted by Gasteiger charge is -2.28. The maximum absolute atomic E-state index is 6.22. The molecule has 0 aromatic heterocycles. The van der Waals surface area contributed by atoms with Crippen LogP contribution in [0.2, 0.25) is 0 Å². The fourth-order valence-corrected chi connectivity index (χ4v) is 2.52. The molecule has 0 saturated carbocycles. The van der Waals surface area contributed by atoms with E-state index in [1.807, 2.05) is 0 Å². The van der Waals surface area contributed by atoms with Crippen LogP contribution in [-0.4, -0.2) is 25.8 Å². The summed E-state index contributed by atoms with van der Waals surface area (Å²) in [4.78, 5) is 2.42. The Morgan fingerprint density at radius 1 is 1.44 bits per heavy atom. The Balaban J connectivity index is 2.25. The summed E-state index contributed by atoms with van der Waals surface area (Å²) in [6.45, 7) is 7.14. The van der Waals surface area contributed by atoms with E-state index in [0.717, 1.165) is 32.5 Å². The first-order valence-corrected chi connectivity index (χ1v) is 6.93. The van der Waals surface area contributed by atoms with Crippen LogP contribution in [0.5, 0.6) is 0 Å². The second kappa shape index (κ2) is 6.21. The highest BCUT2D eigenvalue weighted by molar-refractivity contribution is 5.55. The first-order valence-electron chi connectivity index (χ1n) is 6.93. The summed E-state index contributed by atoms with van der Waals surface area (Å²) in [5.74, 6) is 0. The molecule has 3 heteroatoms. The topological polar surface area (TPSA) is 38.5 Å². The zero-order valence-electron chi connectivity index (χ0n) is 11.4. The normalized spacial score (nSPS) is 22.6. The summed E-state index contributed by atoms with van der Waals surface area (Å²) in [5.41, 5.74) is 8.76. The Labute approximate surface area is 110 Å². The van der Waals surface area contributed by atoms with Crippen LogP contribution in [0.4, 0.5) is 5.69 Å². The van der Waals surface area contributed by atoms with Gasteiger partial charge in [-0.05, 0) is 31.4 Å². The Hall–Kier alpha value is -1.06. The minimum absolute atomic E-state index is 0.126. The average molecular weight is 248 g/mol. The molecule has 2 N–H and O–H groups in total. The maximum Gasteiger partial charge on any atom is 0.0721 e. The van der Waals surface area contributed by atoms with E-state index in [2.05, 4.69) is 43.0 Å². The van der Waals surface area contributed by atoms with Gasteiger partial charge in [-0.3, -0.25) is 0 Å². The van der Waals surface area contributed by atoms with Crippen LogP contribution >= 0.6 is 0 Å². The summed E-state index contributed by atoms with van der Waals surface area (Å²) >= 11 is 0. The quantitative estimate of drug-likeness (QED) is 0.894. The van der Waals surface area contributed by atoms with Gasteiger partial charge in [-0.15, -0.1) is 0 Å². The summed E-state index contributed by atoms with van der Waals surface area (Å²) in [7, 11) is 0. The van der Waals surface area contributed by atoms with E-state index in [9.17, 15) is 0 Å². The van der Waals surface area contributed by atoms with E-state index in [-0.39, 0.29) is 6.04 Å². The van der Waals surface area contributed by atoms with Crippen LogP contribution in [0, 0.1) is 0 Å². The van der Waals surface area contributed by atoms with E-state index in [0.29, 0.717) is 6.10 Å². The maximum atomic E-state index is 6.22. The highest BCUT2D eigenvalue weighted by atomic mass is 16.5. The van der Waals surface area contributed by atoms with Gasteiger partial charge < -0.3 is 15.4 Å². The van der Waals surface area contributed by atoms with Gasteiger partial charge in [-0.2, -0.15) is 0 Å². The van der Waals surface area contributed by atoms with Crippen molar-refractivity contribution in [1.29, 1.82) is 0 Å². The van der Waals surface area contributed by atoms with Gasteiger partial charge in [0.05, 0.1) is 6.10 Å². The highest BCUT2D eigenvalue weighted by Gasteiger charge is 2.19. The average Bonchev–Trinajstić information content (AvgIpc) is 2.62. The van der Waals surface area contributed by atoms with E-state index < -0.39 is 0 Å². The number of benzene rings is 1. The van der Waals surface area contributed by atoms with E-state index in [1.165, 1.54) is 11.3 Å². The van der Waals surface area contributed by atoms with Gasteiger partial charge in [-0.1, -0.05) is 25.1 Å². The molecule has 100 valence electrons. The molecule has 1 unspecified atom stereocenters. The Bertz CT molecular complexity index is 381. The predicted octanol–water partition coefficient (Wildman–Crippen LogP) is 2.71. The molecule has 0 radical (unpaired) electrons. The van der Waals surface area contributed by atoms with Crippen LogP contribution in [0.25, 0.3) is 0 Å². The second-order valence-corrected chi connectivity index (χ2v) is 5.05. The standard InChI is InChI=1S/C15H24N2O/c1-3-14(16)13-7-4-5-8-15(13)17-9-6-10-18-12(2)11-17/h4-5,7-8,12,14H,3,6,9-11,16H2,1-2H3/t12?,14-/m0/s1. The monoisotopic (exact) mass is 248 g/mol. The zero-order valence-corrected chi connectivity index (χ0v) is 11.4. The third-order valence-electron chi connectivity index (χ3n) is 3.57. The Kier molecular flexibility index (Phi) is 4.61. The molecule has 1 aliphatic rings. The van der Waals surface area contributed by atoms with Gasteiger partial charge in [0.1, 0.15) is 0 Å². The molecule has 0 spiro atoms. The minimum atomic E-state index is 0.126. The number of ether oxygens (including phenoxy) is 1. The molecule has 1 aliphatic heterocycles. The van der Waals surface area contributed by atoms with Crippen LogP contribution in [0.15, 0.2) is 24.3 Å². The number of hydrogen-bond acceptors (Lipinski definition) is 3. The molecule has 18 heavy (non-hydrogen) atoms. The first kappa shape index (κ1) is 13.4. The molecular formula is C15H24N2O. The zero-order chi connectivity index (χ0) is 13.0. The van der Waals surface area contributed by atoms with Crippen molar-refractivity contribution in [3.8, 4) is 0 Å². The lowest BCUT2D eigenvalue weighted by Crippen LogP contribution is -2.31. The molecule has 0 aliphatic carbocycles. The van der Waals surface area contributed by atoms with Crippen molar-refractivity contribution in [3.05, 3.63) is 29.8 Å². The SMILES string of the molecule is CC[C@H](N)c1ccccc1N1CCCOC(C)C1. The molecule has 0 amide bonds. The second-order valence-electron chi connectivity index (χ2n) is 5.05. The van der Waals surface area contributed by atoms with Gasteiger partial charge >= 0.3 is 0 Å². The molecule has 1 aromatic rings. The van der Waals surface area contributed by atoms with Crippen molar-refractivity contribution in [2.24, 2.45) is 5.73 Å². The molecule has 1 heterocycles. The van der Waals surface area contributed by atoms with Gasteiger partial charge in [0.2, 0.25) is 0 Å². The first-order chi connectivity index (χ1) is 8.72. The minimum Gasteiger partial charge on any atom is -0.377 e. The molecule has 1 fully saturated rings. The smallest absolute Gasteiger partial charge is 0.0721 e. The van der Waals surface area contributed by atoms with Gasteiger partial charge in [-0.25, -0.2) is 0 Å². The number of nitrogens with two attached hydrogens (primary N) is 1. The molecule has 2 rings (SSSR count). The lowest BCUT2D eigenvalue weighted by molar-refractivity contribution is 0.0821. The van der Waals surface area contributed by atoms with Gasteiger partial charge in [0.25, 0.3) is 0 Å². The lowest BCUT2D eigenvalue weighted by atomic mass is 10.0. The summed E-state index contributed by atoms with van der Waals surface area (Å²) in [5, 5.41) is 0. The van der Waals surface area contributed by atoms with E-state index in [4.69, 9.17) is 10.5 Å². The fourth-order valence-electron chi connectivity index (χ4n) is 2.52. The van der Waals surface area contributed by atoms with Crippen molar-refractivity contribution in [1.82, 2.24) is 0 Å². The number of hydrogen-bond donors (Lipinski definition) is 1. The predicted molar refractivity (Wildman–Crippen MR) is 75.9 cm³/mol. The summed E-state index contributed by atoms with van der Waals surface area (Å²) in [6, 6.07) is 8.63. The molecule has 0 bridgehead atoms. The van der Waals surface area contributed by atoms with Gasteiger partial charge in [0, 0.05) is 31.4 Å². The van der Waals surface area contributed by atoms with Crippen molar-refractivity contribution < 1.29 is 4.74 Å². The molecule has 1 aromatic carbocycles. The third-order valence-corrected chi connectivity index (χ3v) is 3.57. The number of rotatable bonds is 3. The van der Waals surface area contributed by atoms with Crippen molar-refractivity contribution in [2.45, 2.75) is 38.8 Å². The highest BCUT2D eigenvalue weighted by Crippen LogP contribution is 2.28. The Morgan fingerprint density at radius 2 is 2.22 bits per heavy atom. The van der Waals surface area contributed by atoms with E-state index >= 15 is 0 Å². The molecule has 2 atom stereocenters.